The maximum atomic E-state index is 4.73. The molecule has 1 fully saturated rings. The minimum Gasteiger partial charge on any atom is -0.357 e. The SMILES string of the molecule is CCNC(=NCCN1CCN(c2ncccn2)CC1)NCCSc1ccccc1. The molecule has 0 spiro atoms. The highest BCUT2D eigenvalue weighted by Gasteiger charge is 2.18. The van der Waals surface area contributed by atoms with Gasteiger partial charge in [0, 0.05) is 68.9 Å². The molecule has 1 aromatic carbocycles. The zero-order valence-corrected chi connectivity index (χ0v) is 17.9. The van der Waals surface area contributed by atoms with Crippen molar-refractivity contribution >= 4 is 23.7 Å². The Morgan fingerprint density at radius 1 is 1.03 bits per heavy atom. The second-order valence-corrected chi connectivity index (χ2v) is 7.89. The first-order chi connectivity index (χ1) is 14.3. The van der Waals surface area contributed by atoms with Crippen molar-refractivity contribution < 1.29 is 0 Å². The lowest BCUT2D eigenvalue weighted by molar-refractivity contribution is 0.263. The first-order valence-electron chi connectivity index (χ1n) is 10.3. The first kappa shape index (κ1) is 21.4. The van der Waals surface area contributed by atoms with E-state index in [1.165, 1.54) is 4.90 Å². The Morgan fingerprint density at radius 3 is 2.52 bits per heavy atom. The van der Waals surface area contributed by atoms with E-state index in [0.717, 1.165) is 70.0 Å². The van der Waals surface area contributed by atoms with Crippen LogP contribution in [0.25, 0.3) is 0 Å². The average Bonchev–Trinajstić information content (AvgIpc) is 2.78. The predicted molar refractivity (Wildman–Crippen MR) is 122 cm³/mol. The van der Waals surface area contributed by atoms with Crippen molar-refractivity contribution in [1.29, 1.82) is 0 Å². The van der Waals surface area contributed by atoms with E-state index in [4.69, 9.17) is 4.99 Å². The fourth-order valence-corrected chi connectivity index (χ4v) is 3.92. The summed E-state index contributed by atoms with van der Waals surface area (Å²) in [5.41, 5.74) is 0. The highest BCUT2D eigenvalue weighted by atomic mass is 32.2. The highest BCUT2D eigenvalue weighted by Crippen LogP contribution is 2.15. The molecular weight excluding hydrogens is 382 g/mol. The van der Waals surface area contributed by atoms with E-state index < -0.39 is 0 Å². The third kappa shape index (κ3) is 7.55. The van der Waals surface area contributed by atoms with E-state index in [1.807, 2.05) is 23.9 Å². The summed E-state index contributed by atoms with van der Waals surface area (Å²) in [7, 11) is 0. The van der Waals surface area contributed by atoms with Crippen LogP contribution < -0.4 is 15.5 Å². The molecule has 1 saturated heterocycles. The Kier molecular flexibility index (Phi) is 9.06. The number of thioether (sulfide) groups is 1. The molecule has 2 N–H and O–H groups in total. The summed E-state index contributed by atoms with van der Waals surface area (Å²) in [5.74, 6) is 2.74. The van der Waals surface area contributed by atoms with Crippen LogP contribution in [0.5, 0.6) is 0 Å². The van der Waals surface area contributed by atoms with Gasteiger partial charge < -0.3 is 15.5 Å². The number of nitrogens with one attached hydrogen (secondary N) is 2. The molecule has 0 saturated carbocycles. The van der Waals surface area contributed by atoms with Gasteiger partial charge in [-0.25, -0.2) is 9.97 Å². The number of aromatic nitrogens is 2. The van der Waals surface area contributed by atoms with Gasteiger partial charge in [0.15, 0.2) is 5.96 Å². The van der Waals surface area contributed by atoms with Gasteiger partial charge in [0.2, 0.25) is 5.95 Å². The monoisotopic (exact) mass is 413 g/mol. The molecule has 0 atom stereocenters. The van der Waals surface area contributed by atoms with Crippen molar-refractivity contribution in [2.75, 3.05) is 63.0 Å². The molecule has 1 aliphatic rings. The minimum absolute atomic E-state index is 0.795. The van der Waals surface area contributed by atoms with E-state index in [2.05, 4.69) is 61.6 Å². The molecule has 1 aliphatic heterocycles. The Morgan fingerprint density at radius 2 is 1.79 bits per heavy atom. The number of piperazine rings is 1. The molecule has 0 radical (unpaired) electrons. The van der Waals surface area contributed by atoms with Gasteiger partial charge in [-0.15, -0.1) is 11.8 Å². The molecule has 8 heteroatoms. The minimum atomic E-state index is 0.795. The molecule has 3 rings (SSSR count). The van der Waals surface area contributed by atoms with Gasteiger partial charge in [-0.1, -0.05) is 18.2 Å². The van der Waals surface area contributed by atoms with Gasteiger partial charge >= 0.3 is 0 Å². The molecule has 29 heavy (non-hydrogen) atoms. The largest absolute Gasteiger partial charge is 0.357 e. The Balaban J connectivity index is 1.34. The fourth-order valence-electron chi connectivity index (χ4n) is 3.13. The fraction of sp³-hybridized carbons (Fsp3) is 0.476. The van der Waals surface area contributed by atoms with E-state index in [1.54, 1.807) is 12.4 Å². The summed E-state index contributed by atoms with van der Waals surface area (Å²) in [6.07, 6.45) is 3.61. The smallest absolute Gasteiger partial charge is 0.225 e. The van der Waals surface area contributed by atoms with Crippen LogP contribution in [0.15, 0.2) is 58.7 Å². The van der Waals surface area contributed by atoms with Crippen LogP contribution in [-0.4, -0.2) is 78.9 Å². The third-order valence-corrected chi connectivity index (χ3v) is 5.66. The van der Waals surface area contributed by atoms with Gasteiger partial charge in [0.25, 0.3) is 0 Å². The molecule has 0 unspecified atom stereocenters. The maximum absolute atomic E-state index is 4.73. The molecule has 2 heterocycles. The lowest BCUT2D eigenvalue weighted by atomic mass is 10.3. The molecule has 2 aromatic rings. The van der Waals surface area contributed by atoms with Gasteiger partial charge in [-0.3, -0.25) is 9.89 Å². The summed E-state index contributed by atoms with van der Waals surface area (Å²) in [5, 5.41) is 6.77. The average molecular weight is 414 g/mol. The quantitative estimate of drug-likeness (QED) is 0.282. The van der Waals surface area contributed by atoms with Crippen molar-refractivity contribution in [2.45, 2.75) is 11.8 Å². The van der Waals surface area contributed by atoms with Gasteiger partial charge in [0.1, 0.15) is 0 Å². The predicted octanol–water partition coefficient (Wildman–Crippen LogP) is 1.95. The zero-order valence-electron chi connectivity index (χ0n) is 17.1. The number of benzene rings is 1. The topological polar surface area (TPSA) is 68.7 Å². The van der Waals surface area contributed by atoms with E-state index >= 15 is 0 Å². The number of nitrogens with zero attached hydrogens (tertiary/aromatic N) is 5. The molecule has 7 nitrogen and oxygen atoms in total. The second-order valence-electron chi connectivity index (χ2n) is 6.73. The second kappa shape index (κ2) is 12.3. The summed E-state index contributed by atoms with van der Waals surface area (Å²) < 4.78 is 0. The van der Waals surface area contributed by atoms with Crippen molar-refractivity contribution in [2.24, 2.45) is 4.99 Å². The summed E-state index contributed by atoms with van der Waals surface area (Å²) >= 11 is 1.86. The van der Waals surface area contributed by atoms with E-state index in [0.29, 0.717) is 0 Å². The lowest BCUT2D eigenvalue weighted by Crippen LogP contribution is -2.47. The summed E-state index contributed by atoms with van der Waals surface area (Å²) in [6.45, 7) is 9.58. The number of guanidine groups is 1. The van der Waals surface area contributed by atoms with Crippen LogP contribution in [0.3, 0.4) is 0 Å². The molecule has 156 valence electrons. The van der Waals surface area contributed by atoms with Crippen LogP contribution >= 0.6 is 11.8 Å². The van der Waals surface area contributed by atoms with Crippen LogP contribution in [0.2, 0.25) is 0 Å². The van der Waals surface area contributed by atoms with Crippen molar-refractivity contribution in [3.8, 4) is 0 Å². The highest BCUT2D eigenvalue weighted by molar-refractivity contribution is 7.99. The van der Waals surface area contributed by atoms with Crippen molar-refractivity contribution in [3.63, 3.8) is 0 Å². The molecule has 1 aromatic heterocycles. The van der Waals surface area contributed by atoms with Gasteiger partial charge in [0.05, 0.1) is 6.54 Å². The zero-order chi connectivity index (χ0) is 20.2. The number of hydrogen-bond acceptors (Lipinski definition) is 6. The molecule has 0 bridgehead atoms. The third-order valence-electron chi connectivity index (χ3n) is 4.64. The van der Waals surface area contributed by atoms with Crippen LogP contribution in [0.4, 0.5) is 5.95 Å². The van der Waals surface area contributed by atoms with Gasteiger partial charge in [-0.2, -0.15) is 0 Å². The molecule has 0 aliphatic carbocycles. The molecular formula is C21H31N7S. The Hall–Kier alpha value is -2.32. The molecule has 0 amide bonds. The van der Waals surface area contributed by atoms with Crippen LogP contribution in [0, 0.1) is 0 Å². The number of hydrogen-bond donors (Lipinski definition) is 2. The standard InChI is InChI=1S/C21H31N7S/c1-2-22-20(24-12-18-29-19-7-4-3-5-8-19)23-11-13-27-14-16-28(17-15-27)21-25-9-6-10-26-21/h3-10H,2,11-18H2,1H3,(H2,22,23,24). The van der Waals surface area contributed by atoms with Gasteiger partial charge in [-0.05, 0) is 25.1 Å². The normalized spacial score (nSPS) is 15.3. The Labute approximate surface area is 178 Å². The van der Waals surface area contributed by atoms with Crippen LogP contribution in [0.1, 0.15) is 6.92 Å². The van der Waals surface area contributed by atoms with E-state index in [9.17, 15) is 0 Å². The lowest BCUT2D eigenvalue weighted by Gasteiger charge is -2.34. The van der Waals surface area contributed by atoms with Crippen molar-refractivity contribution in [1.82, 2.24) is 25.5 Å². The Bertz CT molecular complexity index is 718. The van der Waals surface area contributed by atoms with Crippen LogP contribution in [-0.2, 0) is 0 Å². The number of aliphatic imine (C=N–C) groups is 1. The summed E-state index contributed by atoms with van der Waals surface area (Å²) in [4.78, 5) is 19.4. The number of anilines is 1. The summed E-state index contributed by atoms with van der Waals surface area (Å²) in [6, 6.07) is 12.4. The maximum Gasteiger partial charge on any atom is 0.225 e. The van der Waals surface area contributed by atoms with E-state index in [-0.39, 0.29) is 0 Å². The van der Waals surface area contributed by atoms with Crippen molar-refractivity contribution in [3.05, 3.63) is 48.8 Å². The first-order valence-corrected chi connectivity index (χ1v) is 11.3. The number of rotatable bonds is 9.